The Labute approximate surface area is 177 Å². The number of rotatable bonds is 7. The van der Waals surface area contributed by atoms with Crippen molar-refractivity contribution in [2.75, 3.05) is 31.1 Å². The number of ether oxygens (including phenoxy) is 1. The topological polar surface area (TPSA) is 63.1 Å². The predicted octanol–water partition coefficient (Wildman–Crippen LogP) is 1.69. The lowest BCUT2D eigenvalue weighted by Gasteiger charge is -2.29. The highest BCUT2D eigenvalue weighted by molar-refractivity contribution is 5.98. The van der Waals surface area contributed by atoms with E-state index in [0.717, 1.165) is 17.8 Å². The number of benzene rings is 2. The number of likely N-dealkylation sites (tertiary alicyclic amines) is 1. The van der Waals surface area contributed by atoms with Crippen LogP contribution in [-0.4, -0.2) is 38.1 Å². The molecule has 158 valence electrons. The summed E-state index contributed by atoms with van der Waals surface area (Å²) in [6, 6.07) is 16.0. The Kier molecular flexibility index (Phi) is 6.64. The van der Waals surface area contributed by atoms with E-state index in [-0.39, 0.29) is 24.8 Å². The highest BCUT2D eigenvalue weighted by atomic mass is 16.5. The molecule has 0 saturated carbocycles. The Bertz CT molecular complexity index is 876. The van der Waals surface area contributed by atoms with Crippen LogP contribution in [0.2, 0.25) is 0 Å². The Morgan fingerprint density at radius 2 is 1.73 bits per heavy atom. The third-order valence-electron chi connectivity index (χ3n) is 5.90. The van der Waals surface area contributed by atoms with E-state index in [1.165, 1.54) is 37.9 Å². The lowest BCUT2D eigenvalue weighted by atomic mass is 10.1. The Morgan fingerprint density at radius 3 is 2.53 bits per heavy atom. The lowest BCUT2D eigenvalue weighted by molar-refractivity contribution is -0.918. The van der Waals surface area contributed by atoms with E-state index in [4.69, 9.17) is 4.74 Å². The van der Waals surface area contributed by atoms with Gasteiger partial charge in [0, 0.05) is 25.1 Å². The highest BCUT2D eigenvalue weighted by Crippen LogP contribution is 2.31. The van der Waals surface area contributed by atoms with Gasteiger partial charge in [-0.3, -0.25) is 9.59 Å². The van der Waals surface area contributed by atoms with Crippen LogP contribution in [0.25, 0.3) is 0 Å². The number of piperidine rings is 1. The molecule has 2 aromatic rings. The van der Waals surface area contributed by atoms with E-state index in [9.17, 15) is 9.59 Å². The zero-order valence-corrected chi connectivity index (χ0v) is 17.4. The summed E-state index contributed by atoms with van der Waals surface area (Å²) in [4.78, 5) is 27.8. The Morgan fingerprint density at radius 1 is 1.00 bits per heavy atom. The maximum atomic E-state index is 12.3. The fraction of sp³-hybridized carbons (Fsp3) is 0.417. The summed E-state index contributed by atoms with van der Waals surface area (Å²) in [5.41, 5.74) is 3.17. The molecule has 2 aliphatic rings. The van der Waals surface area contributed by atoms with Crippen LogP contribution in [0.5, 0.6) is 5.75 Å². The minimum Gasteiger partial charge on any atom is -0.482 e. The molecule has 0 spiro atoms. The van der Waals surface area contributed by atoms with E-state index < -0.39 is 0 Å². The molecular formula is C24H30N3O3+. The predicted molar refractivity (Wildman–Crippen MR) is 115 cm³/mol. The first kappa shape index (κ1) is 20.4. The fourth-order valence-corrected chi connectivity index (χ4v) is 4.19. The number of hydrogen-bond acceptors (Lipinski definition) is 3. The van der Waals surface area contributed by atoms with Crippen molar-refractivity contribution in [3.63, 3.8) is 0 Å². The second kappa shape index (κ2) is 9.76. The molecule has 6 heteroatoms. The monoisotopic (exact) mass is 408 g/mol. The largest absolute Gasteiger partial charge is 0.482 e. The first-order valence-corrected chi connectivity index (χ1v) is 10.9. The number of amides is 2. The molecule has 0 atom stereocenters. The number of fused-ring (bicyclic) bond motifs is 1. The van der Waals surface area contributed by atoms with E-state index in [1.54, 1.807) is 9.80 Å². The van der Waals surface area contributed by atoms with Crippen LogP contribution in [-0.2, 0) is 22.7 Å². The van der Waals surface area contributed by atoms with Crippen molar-refractivity contribution in [2.24, 2.45) is 0 Å². The van der Waals surface area contributed by atoms with Gasteiger partial charge in [0.1, 0.15) is 12.3 Å². The minimum atomic E-state index is -0.118. The van der Waals surface area contributed by atoms with Gasteiger partial charge in [-0.2, -0.15) is 0 Å². The van der Waals surface area contributed by atoms with E-state index in [0.29, 0.717) is 18.8 Å². The zero-order chi connectivity index (χ0) is 20.8. The summed E-state index contributed by atoms with van der Waals surface area (Å²) >= 11 is 0. The van der Waals surface area contributed by atoms with Gasteiger partial charge < -0.3 is 19.9 Å². The number of hydrogen-bond donors (Lipinski definition) is 2. The summed E-state index contributed by atoms with van der Waals surface area (Å²) in [5, 5.41) is 2.96. The average Bonchev–Trinajstić information content (AvgIpc) is 2.78. The molecule has 2 aromatic carbocycles. The molecule has 0 unspecified atom stereocenters. The smallest absolute Gasteiger partial charge is 0.265 e. The molecule has 1 saturated heterocycles. The van der Waals surface area contributed by atoms with Crippen molar-refractivity contribution in [2.45, 2.75) is 38.8 Å². The first-order valence-electron chi connectivity index (χ1n) is 10.9. The Balaban J connectivity index is 1.23. The number of para-hydroxylation sites is 2. The van der Waals surface area contributed by atoms with Crippen LogP contribution in [0.3, 0.4) is 0 Å². The molecule has 2 heterocycles. The summed E-state index contributed by atoms with van der Waals surface area (Å²) in [6.07, 6.45) is 4.30. The molecule has 0 bridgehead atoms. The van der Waals surface area contributed by atoms with Gasteiger partial charge in [0.15, 0.2) is 6.61 Å². The van der Waals surface area contributed by atoms with Crippen LogP contribution < -0.4 is 19.9 Å². The van der Waals surface area contributed by atoms with Gasteiger partial charge in [0.2, 0.25) is 5.91 Å². The van der Waals surface area contributed by atoms with Gasteiger partial charge in [0.25, 0.3) is 5.91 Å². The van der Waals surface area contributed by atoms with E-state index >= 15 is 0 Å². The van der Waals surface area contributed by atoms with E-state index in [2.05, 4.69) is 29.6 Å². The van der Waals surface area contributed by atoms with Crippen molar-refractivity contribution in [3.05, 3.63) is 59.7 Å². The molecule has 0 aromatic heterocycles. The molecule has 2 N–H and O–H groups in total. The quantitative estimate of drug-likeness (QED) is 0.733. The van der Waals surface area contributed by atoms with Crippen LogP contribution >= 0.6 is 0 Å². The number of carbonyl (C=O) groups is 2. The molecule has 4 rings (SSSR count). The molecule has 30 heavy (non-hydrogen) atoms. The molecule has 2 aliphatic heterocycles. The van der Waals surface area contributed by atoms with Crippen molar-refractivity contribution < 1.29 is 19.2 Å². The molecule has 0 aliphatic carbocycles. The molecule has 0 radical (unpaired) electrons. The number of carbonyl (C=O) groups excluding carboxylic acids is 2. The van der Waals surface area contributed by atoms with Crippen LogP contribution in [0, 0.1) is 0 Å². The standard InChI is InChI=1S/C24H29N3O3/c28-23(12-15-27-21-6-2-3-7-22(21)30-18-24(27)29)25-16-19-8-10-20(11-9-19)17-26-13-4-1-5-14-26/h2-3,6-11H,1,4-5,12-18H2,(H,25,28)/p+1. The molecule has 1 fully saturated rings. The van der Waals surface area contributed by atoms with Gasteiger partial charge in [-0.05, 0) is 37.0 Å². The highest BCUT2D eigenvalue weighted by Gasteiger charge is 2.25. The van der Waals surface area contributed by atoms with Gasteiger partial charge in [0.05, 0.1) is 18.8 Å². The zero-order valence-electron chi connectivity index (χ0n) is 17.4. The van der Waals surface area contributed by atoms with Crippen LogP contribution in [0.1, 0.15) is 36.8 Å². The number of anilines is 1. The third-order valence-corrected chi connectivity index (χ3v) is 5.90. The second-order valence-corrected chi connectivity index (χ2v) is 8.13. The maximum Gasteiger partial charge on any atom is 0.265 e. The van der Waals surface area contributed by atoms with Crippen LogP contribution in [0.15, 0.2) is 48.5 Å². The summed E-state index contributed by atoms with van der Waals surface area (Å²) in [6.45, 7) is 4.50. The number of nitrogens with zero attached hydrogens (tertiary/aromatic N) is 1. The SMILES string of the molecule is O=C(CCN1C(=O)COc2ccccc21)NCc1ccc(C[NH+]2CCCCC2)cc1. The summed E-state index contributed by atoms with van der Waals surface area (Å²) in [5.74, 6) is 0.505. The second-order valence-electron chi connectivity index (χ2n) is 8.13. The fourth-order valence-electron chi connectivity index (χ4n) is 4.19. The molecule has 6 nitrogen and oxygen atoms in total. The summed E-state index contributed by atoms with van der Waals surface area (Å²) < 4.78 is 5.44. The Hall–Kier alpha value is -2.86. The van der Waals surface area contributed by atoms with Crippen molar-refractivity contribution in [1.29, 1.82) is 0 Å². The number of quaternary nitrogens is 1. The van der Waals surface area contributed by atoms with Gasteiger partial charge in [-0.25, -0.2) is 0 Å². The normalized spacial score (nSPS) is 16.7. The number of nitrogens with one attached hydrogen (secondary N) is 2. The molecule has 2 amide bonds. The minimum absolute atomic E-state index is 0.0180. The van der Waals surface area contributed by atoms with Gasteiger partial charge >= 0.3 is 0 Å². The van der Waals surface area contributed by atoms with Crippen molar-refractivity contribution >= 4 is 17.5 Å². The summed E-state index contributed by atoms with van der Waals surface area (Å²) in [7, 11) is 0. The third kappa shape index (κ3) is 5.19. The average molecular weight is 409 g/mol. The lowest BCUT2D eigenvalue weighted by Crippen LogP contribution is -3.11. The van der Waals surface area contributed by atoms with E-state index in [1.807, 2.05) is 24.3 Å². The maximum absolute atomic E-state index is 12.3. The molecular weight excluding hydrogens is 378 g/mol. The van der Waals surface area contributed by atoms with Gasteiger partial charge in [-0.1, -0.05) is 36.4 Å². The van der Waals surface area contributed by atoms with Crippen molar-refractivity contribution in [1.82, 2.24) is 5.32 Å². The van der Waals surface area contributed by atoms with Gasteiger partial charge in [-0.15, -0.1) is 0 Å². The van der Waals surface area contributed by atoms with Crippen LogP contribution in [0.4, 0.5) is 5.69 Å². The first-order chi connectivity index (χ1) is 14.7. The van der Waals surface area contributed by atoms with Crippen molar-refractivity contribution in [3.8, 4) is 5.75 Å².